The van der Waals surface area contributed by atoms with Crippen molar-refractivity contribution in [3.63, 3.8) is 0 Å². The molecule has 1 unspecified atom stereocenters. The van der Waals surface area contributed by atoms with Crippen LogP contribution in [0.25, 0.3) is 0 Å². The summed E-state index contributed by atoms with van der Waals surface area (Å²) in [6, 6.07) is 0. The Morgan fingerprint density at radius 1 is 1.38 bits per heavy atom. The van der Waals surface area contributed by atoms with Gasteiger partial charge in [0.1, 0.15) is 0 Å². The predicted molar refractivity (Wildman–Crippen MR) is 51.9 cm³/mol. The molecule has 0 aliphatic carbocycles. The van der Waals surface area contributed by atoms with Crippen LogP contribution in [0.15, 0.2) is 0 Å². The summed E-state index contributed by atoms with van der Waals surface area (Å²) in [4.78, 5) is 0. The summed E-state index contributed by atoms with van der Waals surface area (Å²) in [6.45, 7) is 5.17. The number of hydrogen-bond acceptors (Lipinski definition) is 4. The van der Waals surface area contributed by atoms with Crippen LogP contribution in [0.1, 0.15) is 13.3 Å². The van der Waals surface area contributed by atoms with E-state index < -0.39 is 6.10 Å². The Kier molecular flexibility index (Phi) is 9.80. The lowest BCUT2D eigenvalue weighted by atomic mass is 10.4. The summed E-state index contributed by atoms with van der Waals surface area (Å²) in [5, 5.41) is 12.4. The summed E-state index contributed by atoms with van der Waals surface area (Å²) < 4.78 is 10.0. The van der Waals surface area contributed by atoms with Crippen molar-refractivity contribution in [2.24, 2.45) is 0 Å². The number of ether oxygens (including phenoxy) is 2. The van der Waals surface area contributed by atoms with E-state index in [0.717, 1.165) is 19.6 Å². The van der Waals surface area contributed by atoms with Gasteiger partial charge in [0.15, 0.2) is 0 Å². The van der Waals surface area contributed by atoms with Crippen LogP contribution in [0.4, 0.5) is 0 Å². The molecule has 1 atom stereocenters. The smallest absolute Gasteiger partial charge is 0.0897 e. The fraction of sp³-hybridized carbons (Fsp3) is 1.00. The highest BCUT2D eigenvalue weighted by Gasteiger charge is 2.02. The van der Waals surface area contributed by atoms with Crippen LogP contribution >= 0.6 is 0 Å². The topological polar surface area (TPSA) is 50.7 Å². The van der Waals surface area contributed by atoms with Crippen molar-refractivity contribution in [1.82, 2.24) is 5.32 Å². The van der Waals surface area contributed by atoms with Crippen molar-refractivity contribution in [2.75, 3.05) is 40.0 Å². The first kappa shape index (κ1) is 12.8. The van der Waals surface area contributed by atoms with Gasteiger partial charge in [0, 0.05) is 26.8 Å². The van der Waals surface area contributed by atoms with Gasteiger partial charge in [-0.1, -0.05) is 6.92 Å². The Morgan fingerprint density at radius 2 is 2.15 bits per heavy atom. The van der Waals surface area contributed by atoms with E-state index in [9.17, 15) is 5.11 Å². The summed E-state index contributed by atoms with van der Waals surface area (Å²) in [6.07, 6.45) is 0.576. The maximum Gasteiger partial charge on any atom is 0.0897 e. The molecule has 0 saturated carbocycles. The first-order chi connectivity index (χ1) is 6.31. The van der Waals surface area contributed by atoms with E-state index in [4.69, 9.17) is 9.47 Å². The molecule has 0 saturated heterocycles. The second-order valence-corrected chi connectivity index (χ2v) is 2.93. The first-order valence-electron chi connectivity index (χ1n) is 4.76. The molecule has 4 nitrogen and oxygen atoms in total. The molecule has 0 radical (unpaired) electrons. The van der Waals surface area contributed by atoms with Crippen LogP contribution in [0.3, 0.4) is 0 Å². The molecule has 0 rings (SSSR count). The van der Waals surface area contributed by atoms with Gasteiger partial charge in [-0.25, -0.2) is 0 Å². The molecule has 0 aliphatic rings. The van der Waals surface area contributed by atoms with E-state index >= 15 is 0 Å². The lowest BCUT2D eigenvalue weighted by Crippen LogP contribution is -2.32. The van der Waals surface area contributed by atoms with Crippen LogP contribution in [-0.2, 0) is 9.47 Å². The van der Waals surface area contributed by atoms with E-state index in [2.05, 4.69) is 5.32 Å². The molecule has 2 N–H and O–H groups in total. The van der Waals surface area contributed by atoms with Crippen molar-refractivity contribution in [2.45, 2.75) is 19.4 Å². The van der Waals surface area contributed by atoms with Crippen LogP contribution < -0.4 is 5.32 Å². The zero-order valence-electron chi connectivity index (χ0n) is 8.58. The first-order valence-corrected chi connectivity index (χ1v) is 4.76. The third-order valence-corrected chi connectivity index (χ3v) is 1.52. The van der Waals surface area contributed by atoms with Gasteiger partial charge in [-0.15, -0.1) is 0 Å². The molecular weight excluding hydrogens is 170 g/mol. The largest absolute Gasteiger partial charge is 0.389 e. The zero-order chi connectivity index (χ0) is 9.94. The number of aliphatic hydroxyl groups excluding tert-OH is 1. The number of hydrogen-bond donors (Lipinski definition) is 2. The van der Waals surface area contributed by atoms with Gasteiger partial charge >= 0.3 is 0 Å². The van der Waals surface area contributed by atoms with Crippen molar-refractivity contribution >= 4 is 0 Å². The molecular formula is C9H21NO3. The van der Waals surface area contributed by atoms with E-state index in [1.54, 1.807) is 7.11 Å². The van der Waals surface area contributed by atoms with Gasteiger partial charge in [-0.2, -0.15) is 0 Å². The molecule has 0 aromatic heterocycles. The van der Waals surface area contributed by atoms with Crippen molar-refractivity contribution in [3.05, 3.63) is 0 Å². The Morgan fingerprint density at radius 3 is 2.77 bits per heavy atom. The molecule has 0 fully saturated rings. The van der Waals surface area contributed by atoms with E-state index in [1.165, 1.54) is 0 Å². The van der Waals surface area contributed by atoms with E-state index in [1.807, 2.05) is 6.92 Å². The SMILES string of the molecule is CCCOCC(O)CNCCOC. The van der Waals surface area contributed by atoms with Crippen LogP contribution in [0.2, 0.25) is 0 Å². The maximum atomic E-state index is 9.35. The average Bonchev–Trinajstić information content (AvgIpc) is 2.13. The predicted octanol–water partition coefficient (Wildman–Crippen LogP) is 0.00990. The molecule has 13 heavy (non-hydrogen) atoms. The Hall–Kier alpha value is -0.160. The van der Waals surface area contributed by atoms with Crippen LogP contribution in [0.5, 0.6) is 0 Å². The minimum atomic E-state index is -0.414. The fourth-order valence-electron chi connectivity index (χ4n) is 0.866. The third kappa shape index (κ3) is 9.76. The number of rotatable bonds is 9. The third-order valence-electron chi connectivity index (χ3n) is 1.52. The van der Waals surface area contributed by atoms with Crippen molar-refractivity contribution in [3.8, 4) is 0 Å². The average molecular weight is 191 g/mol. The molecule has 0 aliphatic heterocycles. The van der Waals surface area contributed by atoms with Crippen LogP contribution in [-0.4, -0.2) is 51.2 Å². The quantitative estimate of drug-likeness (QED) is 0.504. The Balaban J connectivity index is 3.05. The summed E-state index contributed by atoms with van der Waals surface area (Å²) in [7, 11) is 1.66. The number of aliphatic hydroxyl groups is 1. The van der Waals surface area contributed by atoms with Crippen LogP contribution in [0, 0.1) is 0 Å². The lowest BCUT2D eigenvalue weighted by Gasteiger charge is -2.11. The molecule has 4 heteroatoms. The molecule has 80 valence electrons. The Bertz CT molecular complexity index is 101. The molecule has 0 bridgehead atoms. The lowest BCUT2D eigenvalue weighted by molar-refractivity contribution is 0.0366. The van der Waals surface area contributed by atoms with Gasteiger partial charge in [-0.3, -0.25) is 0 Å². The fourth-order valence-corrected chi connectivity index (χ4v) is 0.866. The van der Waals surface area contributed by atoms with E-state index in [0.29, 0.717) is 19.8 Å². The summed E-state index contributed by atoms with van der Waals surface area (Å²) >= 11 is 0. The van der Waals surface area contributed by atoms with Gasteiger partial charge in [0.2, 0.25) is 0 Å². The normalized spacial score (nSPS) is 13.2. The highest BCUT2D eigenvalue weighted by atomic mass is 16.5. The van der Waals surface area contributed by atoms with E-state index in [-0.39, 0.29) is 0 Å². The standard InChI is InChI=1S/C9H21NO3/c1-3-5-13-8-9(11)7-10-4-6-12-2/h9-11H,3-8H2,1-2H3. The highest BCUT2D eigenvalue weighted by molar-refractivity contribution is 4.57. The zero-order valence-corrected chi connectivity index (χ0v) is 8.58. The monoisotopic (exact) mass is 191 g/mol. The summed E-state index contributed by atoms with van der Waals surface area (Å²) in [5.41, 5.74) is 0. The number of nitrogens with one attached hydrogen (secondary N) is 1. The van der Waals surface area contributed by atoms with Crippen molar-refractivity contribution < 1.29 is 14.6 Å². The maximum absolute atomic E-state index is 9.35. The molecule has 0 amide bonds. The highest BCUT2D eigenvalue weighted by Crippen LogP contribution is 1.85. The second-order valence-electron chi connectivity index (χ2n) is 2.93. The van der Waals surface area contributed by atoms with Gasteiger partial charge in [-0.05, 0) is 6.42 Å². The van der Waals surface area contributed by atoms with Gasteiger partial charge < -0.3 is 19.9 Å². The van der Waals surface area contributed by atoms with Gasteiger partial charge in [0.25, 0.3) is 0 Å². The molecule has 0 heterocycles. The summed E-state index contributed by atoms with van der Waals surface area (Å²) in [5.74, 6) is 0. The Labute approximate surface area is 80.2 Å². The minimum Gasteiger partial charge on any atom is -0.389 e. The minimum absolute atomic E-state index is 0.411. The number of methoxy groups -OCH3 is 1. The molecule has 0 aromatic rings. The van der Waals surface area contributed by atoms with Gasteiger partial charge in [0.05, 0.1) is 19.3 Å². The molecule has 0 aromatic carbocycles. The second kappa shape index (κ2) is 9.92. The van der Waals surface area contributed by atoms with Crippen molar-refractivity contribution in [1.29, 1.82) is 0 Å². The molecule has 0 spiro atoms.